The summed E-state index contributed by atoms with van der Waals surface area (Å²) in [6.45, 7) is 16.6. The summed E-state index contributed by atoms with van der Waals surface area (Å²) in [7, 11) is 0. The van der Waals surface area contributed by atoms with E-state index in [1.165, 1.54) is 24.5 Å². The molecule has 0 aromatic heterocycles. The third-order valence-corrected chi connectivity index (χ3v) is 17.8. The highest BCUT2D eigenvalue weighted by Gasteiger charge is 2.42. The summed E-state index contributed by atoms with van der Waals surface area (Å²) in [4.78, 5) is 81.5. The van der Waals surface area contributed by atoms with E-state index in [1.807, 2.05) is 84.0 Å². The highest BCUT2D eigenvalue weighted by Crippen LogP contribution is 2.45. The van der Waals surface area contributed by atoms with Gasteiger partial charge in [0.1, 0.15) is 31.8 Å². The van der Waals surface area contributed by atoms with Gasteiger partial charge in [0.2, 0.25) is 0 Å². The molecule has 3 atom stereocenters. The van der Waals surface area contributed by atoms with Crippen LogP contribution in [0.15, 0.2) is 98.3 Å². The van der Waals surface area contributed by atoms with Crippen LogP contribution in [-0.4, -0.2) is 148 Å². The molecule has 3 fully saturated rings. The maximum Gasteiger partial charge on any atom is 0.410 e. The van der Waals surface area contributed by atoms with Gasteiger partial charge in [-0.05, 0) is 179 Å². The molecule has 3 aliphatic heterocycles. The van der Waals surface area contributed by atoms with Gasteiger partial charge in [-0.25, -0.2) is 9.59 Å². The molecule has 4 aliphatic rings. The van der Waals surface area contributed by atoms with Crippen molar-refractivity contribution >= 4 is 95.5 Å². The van der Waals surface area contributed by atoms with Gasteiger partial charge in [0.25, 0.3) is 0 Å². The van der Waals surface area contributed by atoms with E-state index >= 15 is 0 Å². The van der Waals surface area contributed by atoms with Gasteiger partial charge in [0, 0.05) is 87.2 Å². The molecule has 1 N–H and O–H groups in total. The van der Waals surface area contributed by atoms with Gasteiger partial charge in [0.05, 0.1) is 0 Å². The predicted octanol–water partition coefficient (Wildman–Crippen LogP) is 15.7. The summed E-state index contributed by atoms with van der Waals surface area (Å²) in [6, 6.07) is 26.4. The zero-order chi connectivity index (χ0) is 72.0. The van der Waals surface area contributed by atoms with Crippen molar-refractivity contribution in [2.24, 2.45) is 0 Å². The molecule has 2 amide bonds. The minimum Gasteiger partial charge on any atom is -0.448 e. The van der Waals surface area contributed by atoms with Crippen LogP contribution in [0.5, 0.6) is 0 Å². The van der Waals surface area contributed by atoms with Gasteiger partial charge in [0.15, 0.2) is 0 Å². The van der Waals surface area contributed by atoms with Gasteiger partial charge < -0.3 is 39.3 Å². The Labute approximate surface area is 577 Å². The number of aryl methyl sites for hydroxylation is 3. The van der Waals surface area contributed by atoms with Crippen LogP contribution < -0.4 is 20.0 Å². The molecule has 96 heavy (non-hydrogen) atoms. The van der Waals surface area contributed by atoms with Crippen LogP contribution in [0.3, 0.4) is 0 Å². The minimum atomic E-state index is -4.38. The molecule has 9 rings (SSSR count). The molecule has 0 bridgehead atoms. The van der Waals surface area contributed by atoms with E-state index in [-0.39, 0.29) is 50.1 Å². The van der Waals surface area contributed by atoms with Crippen LogP contribution in [0.25, 0.3) is 11.1 Å². The van der Waals surface area contributed by atoms with Gasteiger partial charge in [-0.2, -0.15) is 68.3 Å². The maximum atomic E-state index is 13.7. The molecule has 3 saturated heterocycles. The number of likely N-dealkylation sites (tertiary alicyclic amines) is 2. The summed E-state index contributed by atoms with van der Waals surface area (Å²) in [6.07, 6.45) is -9.26. The number of ether oxygens (including phenoxy) is 2. The number of halogens is 12. The Balaban J connectivity index is 0.000000299. The number of alkyl halides is 9. The number of hydrogen-bond acceptors (Lipinski definition) is 14. The Kier molecular flexibility index (Phi) is 31.4. The lowest BCUT2D eigenvalue weighted by Crippen LogP contribution is -2.45. The first-order valence-corrected chi connectivity index (χ1v) is 33.0. The topological polar surface area (TPSA) is 183 Å². The number of benzene rings is 5. The minimum absolute atomic E-state index is 0.0664. The summed E-state index contributed by atoms with van der Waals surface area (Å²) < 4.78 is 134. The third kappa shape index (κ3) is 24.2. The number of rotatable bonds is 14. The number of fused-ring (bicyclic) bond motifs is 3. The molecule has 28 heteroatoms. The third-order valence-electron chi connectivity index (χ3n) is 16.4. The lowest BCUT2D eigenvalue weighted by atomic mass is 9.98. The highest BCUT2D eigenvalue weighted by atomic mass is 79.9. The van der Waals surface area contributed by atoms with E-state index < -0.39 is 68.0 Å². The average molecular weight is 1550 g/mol. The van der Waals surface area contributed by atoms with Crippen molar-refractivity contribution < 1.29 is 87.3 Å². The Hall–Kier alpha value is -7.05. The van der Waals surface area contributed by atoms with Gasteiger partial charge in [-0.1, -0.05) is 117 Å². The first-order chi connectivity index (χ1) is 45.0. The summed E-state index contributed by atoms with van der Waals surface area (Å²) in [5.74, 6) is -0.0664. The second-order valence-corrected chi connectivity index (χ2v) is 26.6. The van der Waals surface area contributed by atoms with Crippen LogP contribution in [0.4, 0.5) is 66.2 Å². The Morgan fingerprint density at radius 2 is 0.865 bits per heavy atom. The molecule has 5 aromatic rings. The van der Waals surface area contributed by atoms with E-state index in [1.54, 1.807) is 39.0 Å². The monoisotopic (exact) mass is 1550 g/mol. The molecule has 5 aromatic carbocycles. The summed E-state index contributed by atoms with van der Waals surface area (Å²) in [5.41, 5.74) is 11.4. The standard InChI is InChI=1S/C30H30BrF3N2O2.C20H28BrF3N2O2.C15H20BrF3N2.3CO2/c1-3-20-14-21(31)15-28(19(20)2)36(18-30(32,33)34)22-12-13-35(16-22)29(37)38-17-27-25-10-6-4-8-23(25)24-9-5-7-11-26(24)27;1-6-14-9-15(21)10-17(13(14)2)26(12-20(22,23)24)16-7-8-25(11-16)18(27)28-19(3,4)5;1-3-11-6-12(16)7-14(10(11)2)21(9-15(17,18)19)13-4-5-20-8-13;3*2-1-3/h4-11,14-15,22,27H,3,12-13,16-18H2,1-2H3;9-10,16H,6-8,11-12H2,1-5H3;6-7,13,20H,3-5,8-9H2,1-2H3;;;. The number of hydrogen-bond donors (Lipinski definition) is 1. The Morgan fingerprint density at radius 3 is 1.18 bits per heavy atom. The quantitative estimate of drug-likeness (QED) is 0.104. The lowest BCUT2D eigenvalue weighted by molar-refractivity contribution is -0.193. The summed E-state index contributed by atoms with van der Waals surface area (Å²) in [5, 5.41) is 3.15. The molecular formula is C68H78Br3F9N6O10. The zero-order valence-electron chi connectivity index (χ0n) is 54.6. The molecule has 3 unspecified atom stereocenters. The molecular weight excluding hydrogens is 1470 g/mol. The van der Waals surface area contributed by atoms with Crippen LogP contribution in [-0.2, 0) is 57.5 Å². The van der Waals surface area contributed by atoms with Crippen molar-refractivity contribution in [2.45, 2.75) is 149 Å². The number of nitrogens with one attached hydrogen (secondary N) is 1. The first kappa shape index (κ1) is 81.4. The lowest BCUT2D eigenvalue weighted by Gasteiger charge is -2.34. The number of carbonyl (C=O) groups is 2. The fraction of sp³-hybridized carbons (Fsp3) is 0.485. The zero-order valence-corrected chi connectivity index (χ0v) is 59.3. The van der Waals surface area contributed by atoms with E-state index in [0.717, 1.165) is 94.9 Å². The number of carbonyl (C=O) groups excluding carboxylic acids is 8. The molecule has 3 heterocycles. The smallest absolute Gasteiger partial charge is 0.410 e. The molecule has 524 valence electrons. The van der Waals surface area contributed by atoms with Crippen molar-refractivity contribution in [1.29, 1.82) is 0 Å². The maximum absolute atomic E-state index is 13.7. The van der Waals surface area contributed by atoms with Gasteiger partial charge in [-0.3, -0.25) is 0 Å². The van der Waals surface area contributed by atoms with E-state index in [4.69, 9.17) is 38.2 Å². The van der Waals surface area contributed by atoms with Crippen molar-refractivity contribution in [1.82, 2.24) is 15.1 Å². The number of amides is 2. The second-order valence-electron chi connectivity index (χ2n) is 23.9. The predicted molar refractivity (Wildman–Crippen MR) is 353 cm³/mol. The summed E-state index contributed by atoms with van der Waals surface area (Å²) >= 11 is 10.3. The number of anilines is 3. The van der Waals surface area contributed by atoms with Crippen LogP contribution in [0.1, 0.15) is 111 Å². The number of nitrogens with zero attached hydrogens (tertiary/aromatic N) is 5. The molecule has 0 saturated carbocycles. The molecule has 1 aliphatic carbocycles. The van der Waals surface area contributed by atoms with Crippen molar-refractivity contribution in [3.63, 3.8) is 0 Å². The molecule has 16 nitrogen and oxygen atoms in total. The fourth-order valence-electron chi connectivity index (χ4n) is 12.2. The van der Waals surface area contributed by atoms with Gasteiger partial charge in [-0.15, -0.1) is 0 Å². The van der Waals surface area contributed by atoms with Crippen LogP contribution >= 0.6 is 47.8 Å². The van der Waals surface area contributed by atoms with E-state index in [9.17, 15) is 49.1 Å². The van der Waals surface area contributed by atoms with E-state index in [2.05, 4.69) is 77.4 Å². The first-order valence-electron chi connectivity index (χ1n) is 30.7. The van der Waals surface area contributed by atoms with Gasteiger partial charge >= 0.3 is 49.2 Å². The fourth-order valence-corrected chi connectivity index (χ4v) is 13.7. The van der Waals surface area contributed by atoms with Crippen molar-refractivity contribution in [3.8, 4) is 11.1 Å². The largest absolute Gasteiger partial charge is 0.448 e. The SMILES string of the molecule is CCc1cc(Br)cc(N(CC(F)(F)F)C2CCN(C(=O)OC(C)(C)C)C2)c1C.CCc1cc(Br)cc(N(CC(F)(F)F)C2CCN(C(=O)OCC3c4ccccc4-c4ccccc43)C2)c1C.CCc1cc(Br)cc(N(CC(F)(F)F)C2CCNC2)c1C.O=C=O.O=C=O.O=C=O. The van der Waals surface area contributed by atoms with Crippen LogP contribution in [0.2, 0.25) is 0 Å². The van der Waals surface area contributed by atoms with Crippen molar-refractivity contribution in [2.75, 3.05) is 80.2 Å². The van der Waals surface area contributed by atoms with E-state index in [0.29, 0.717) is 56.0 Å². The highest BCUT2D eigenvalue weighted by molar-refractivity contribution is 9.11. The normalized spacial score (nSPS) is 16.3. The second kappa shape index (κ2) is 37.1. The van der Waals surface area contributed by atoms with Crippen molar-refractivity contribution in [3.05, 3.63) is 143 Å². The average Bonchev–Trinajstić information content (AvgIpc) is 1.62. The Morgan fingerprint density at radius 1 is 0.531 bits per heavy atom. The molecule has 0 spiro atoms. The molecule has 0 radical (unpaired) electrons. The Bertz CT molecular complexity index is 3440. The van der Waals surface area contributed by atoms with Crippen LogP contribution in [0, 0.1) is 20.8 Å².